The number of hydrogen-bond acceptors (Lipinski definition) is 4. The number of carbonyl (C=O) groups is 3. The Bertz CT molecular complexity index is 831. The molecule has 2 aromatic carbocycles. The molecule has 0 radical (unpaired) electrons. The van der Waals surface area contributed by atoms with Crippen LogP contribution in [-0.2, 0) is 4.79 Å². The van der Waals surface area contributed by atoms with Crippen LogP contribution in [0.2, 0.25) is 0 Å². The van der Waals surface area contributed by atoms with Crippen molar-refractivity contribution in [3.8, 4) is 5.75 Å². The van der Waals surface area contributed by atoms with Crippen LogP contribution in [0.25, 0.3) is 0 Å². The van der Waals surface area contributed by atoms with Crippen molar-refractivity contribution in [2.24, 2.45) is 0 Å². The molecule has 0 heterocycles. The van der Waals surface area contributed by atoms with Crippen LogP contribution < -0.4 is 15.4 Å². The Hall–Kier alpha value is -3.15. The fourth-order valence-corrected chi connectivity index (χ4v) is 2.57. The normalized spacial score (nSPS) is 14.1. The molecule has 1 aliphatic carbocycles. The lowest BCUT2D eigenvalue weighted by Crippen LogP contribution is -2.35. The summed E-state index contributed by atoms with van der Waals surface area (Å²) in [7, 11) is 0. The lowest BCUT2D eigenvalue weighted by Gasteiger charge is -2.13. The lowest BCUT2D eigenvalue weighted by molar-refractivity contribution is -0.134. The third-order valence-corrected chi connectivity index (χ3v) is 4.13. The highest BCUT2D eigenvalue weighted by atomic mass is 16.5. The molecule has 0 aliphatic heterocycles. The highest BCUT2D eigenvalue weighted by molar-refractivity contribution is 5.95. The van der Waals surface area contributed by atoms with E-state index in [9.17, 15) is 14.4 Å². The molecule has 6 heteroatoms. The number of esters is 1. The van der Waals surface area contributed by atoms with Crippen LogP contribution in [0.5, 0.6) is 5.75 Å². The number of benzene rings is 2. The van der Waals surface area contributed by atoms with Gasteiger partial charge in [0, 0.05) is 23.2 Å². The number of amides is 2. The van der Waals surface area contributed by atoms with E-state index >= 15 is 0 Å². The maximum Gasteiger partial charge on any atom is 0.313 e. The zero-order chi connectivity index (χ0) is 19.2. The minimum absolute atomic E-state index is 0.0249. The summed E-state index contributed by atoms with van der Waals surface area (Å²) in [5.74, 6) is -0.575. The summed E-state index contributed by atoms with van der Waals surface area (Å²) in [6, 6.07) is 15.2. The SMILES string of the molecule is CC(CC(=O)Oc1cccc(C(=O)NC2CC2)c1)NC(=O)c1ccccc1. The molecule has 2 N–H and O–H groups in total. The predicted octanol–water partition coefficient (Wildman–Crippen LogP) is 2.69. The van der Waals surface area contributed by atoms with E-state index in [2.05, 4.69) is 10.6 Å². The highest BCUT2D eigenvalue weighted by Gasteiger charge is 2.24. The number of carbonyl (C=O) groups excluding carboxylic acids is 3. The van der Waals surface area contributed by atoms with E-state index < -0.39 is 5.97 Å². The molecule has 3 rings (SSSR count). The molecule has 1 fully saturated rings. The lowest BCUT2D eigenvalue weighted by atomic mass is 10.1. The van der Waals surface area contributed by atoms with Crippen molar-refractivity contribution in [1.82, 2.24) is 10.6 Å². The van der Waals surface area contributed by atoms with E-state index in [-0.39, 0.29) is 30.3 Å². The van der Waals surface area contributed by atoms with E-state index in [1.807, 2.05) is 6.07 Å². The zero-order valence-corrected chi connectivity index (χ0v) is 15.1. The van der Waals surface area contributed by atoms with Gasteiger partial charge in [-0.25, -0.2) is 0 Å². The van der Waals surface area contributed by atoms with Crippen molar-refractivity contribution in [1.29, 1.82) is 0 Å². The van der Waals surface area contributed by atoms with Crippen molar-refractivity contribution >= 4 is 17.8 Å². The molecule has 1 aliphatic rings. The number of ether oxygens (including phenoxy) is 1. The van der Waals surface area contributed by atoms with Crippen LogP contribution in [-0.4, -0.2) is 29.9 Å². The van der Waals surface area contributed by atoms with Gasteiger partial charge in [-0.3, -0.25) is 14.4 Å². The predicted molar refractivity (Wildman–Crippen MR) is 101 cm³/mol. The van der Waals surface area contributed by atoms with Crippen LogP contribution in [0.4, 0.5) is 0 Å². The van der Waals surface area contributed by atoms with Gasteiger partial charge >= 0.3 is 5.97 Å². The number of nitrogens with one attached hydrogen (secondary N) is 2. The average Bonchev–Trinajstić information content (AvgIpc) is 3.46. The summed E-state index contributed by atoms with van der Waals surface area (Å²) in [5.41, 5.74) is 0.990. The molecule has 140 valence electrons. The summed E-state index contributed by atoms with van der Waals surface area (Å²) in [5, 5.41) is 5.66. The monoisotopic (exact) mass is 366 g/mol. The molecule has 1 unspecified atom stereocenters. The van der Waals surface area contributed by atoms with Crippen molar-refractivity contribution in [3.63, 3.8) is 0 Å². The van der Waals surface area contributed by atoms with Gasteiger partial charge in [0.15, 0.2) is 0 Å². The quantitative estimate of drug-likeness (QED) is 0.583. The van der Waals surface area contributed by atoms with E-state index in [1.54, 1.807) is 55.5 Å². The van der Waals surface area contributed by atoms with Gasteiger partial charge in [0.1, 0.15) is 5.75 Å². The number of hydrogen-bond donors (Lipinski definition) is 2. The molecule has 0 bridgehead atoms. The first-order valence-electron chi connectivity index (χ1n) is 8.99. The van der Waals surface area contributed by atoms with Crippen LogP contribution in [0.1, 0.15) is 46.9 Å². The molecular formula is C21H22N2O4. The second kappa shape index (κ2) is 8.49. The Balaban J connectivity index is 1.51. The molecular weight excluding hydrogens is 344 g/mol. The maximum absolute atomic E-state index is 12.1. The fourth-order valence-electron chi connectivity index (χ4n) is 2.57. The third kappa shape index (κ3) is 5.67. The van der Waals surface area contributed by atoms with Gasteiger partial charge in [0.25, 0.3) is 11.8 Å². The first kappa shape index (κ1) is 18.6. The van der Waals surface area contributed by atoms with E-state index in [1.165, 1.54) is 0 Å². The van der Waals surface area contributed by atoms with Gasteiger partial charge in [-0.2, -0.15) is 0 Å². The minimum Gasteiger partial charge on any atom is -0.426 e. The Morgan fingerprint density at radius 3 is 2.41 bits per heavy atom. The maximum atomic E-state index is 12.1. The standard InChI is InChI=1S/C21H22N2O4/c1-14(22-20(25)15-6-3-2-4-7-15)12-19(24)27-18-9-5-8-16(13-18)21(26)23-17-10-11-17/h2-9,13-14,17H,10-12H2,1H3,(H,22,25)(H,23,26). The summed E-state index contributed by atoms with van der Waals surface area (Å²) in [6.07, 6.45) is 2.04. The molecule has 27 heavy (non-hydrogen) atoms. The van der Waals surface area contributed by atoms with Gasteiger partial charge < -0.3 is 15.4 Å². The van der Waals surface area contributed by atoms with Crippen molar-refractivity contribution < 1.29 is 19.1 Å². The first-order valence-corrected chi connectivity index (χ1v) is 8.99. The van der Waals surface area contributed by atoms with Crippen molar-refractivity contribution in [2.75, 3.05) is 0 Å². The molecule has 0 aromatic heterocycles. The van der Waals surface area contributed by atoms with Crippen LogP contribution >= 0.6 is 0 Å². The minimum atomic E-state index is -0.476. The molecule has 1 saturated carbocycles. The second-order valence-corrected chi connectivity index (χ2v) is 6.69. The molecule has 1 atom stereocenters. The van der Waals surface area contributed by atoms with Gasteiger partial charge in [0.05, 0.1) is 6.42 Å². The first-order chi connectivity index (χ1) is 13.0. The molecule has 0 saturated heterocycles. The van der Waals surface area contributed by atoms with E-state index in [4.69, 9.17) is 4.74 Å². The smallest absolute Gasteiger partial charge is 0.313 e. The van der Waals surface area contributed by atoms with Crippen LogP contribution in [0, 0.1) is 0 Å². The Morgan fingerprint density at radius 2 is 1.70 bits per heavy atom. The Labute approximate surface area is 157 Å². The Kier molecular flexibility index (Phi) is 5.86. The fraction of sp³-hybridized carbons (Fsp3) is 0.286. The number of rotatable bonds is 7. The molecule has 6 nitrogen and oxygen atoms in total. The largest absolute Gasteiger partial charge is 0.426 e. The van der Waals surface area contributed by atoms with Gasteiger partial charge in [-0.15, -0.1) is 0 Å². The topological polar surface area (TPSA) is 84.5 Å². The van der Waals surface area contributed by atoms with Gasteiger partial charge in [-0.05, 0) is 50.1 Å². The van der Waals surface area contributed by atoms with Gasteiger partial charge in [-0.1, -0.05) is 24.3 Å². The summed E-state index contributed by atoms with van der Waals surface area (Å²) >= 11 is 0. The summed E-state index contributed by atoms with van der Waals surface area (Å²) in [6.45, 7) is 1.74. The summed E-state index contributed by atoms with van der Waals surface area (Å²) in [4.78, 5) is 36.3. The van der Waals surface area contributed by atoms with Crippen molar-refractivity contribution in [3.05, 3.63) is 65.7 Å². The second-order valence-electron chi connectivity index (χ2n) is 6.69. The molecule has 0 spiro atoms. The average molecular weight is 366 g/mol. The summed E-state index contributed by atoms with van der Waals surface area (Å²) < 4.78 is 5.31. The Morgan fingerprint density at radius 1 is 1.00 bits per heavy atom. The van der Waals surface area contributed by atoms with Crippen LogP contribution in [0.3, 0.4) is 0 Å². The van der Waals surface area contributed by atoms with Gasteiger partial charge in [0.2, 0.25) is 0 Å². The van der Waals surface area contributed by atoms with Crippen molar-refractivity contribution in [2.45, 2.75) is 38.3 Å². The van der Waals surface area contributed by atoms with E-state index in [0.29, 0.717) is 16.9 Å². The molecule has 2 aromatic rings. The van der Waals surface area contributed by atoms with Crippen LogP contribution in [0.15, 0.2) is 54.6 Å². The zero-order valence-electron chi connectivity index (χ0n) is 15.1. The molecule has 2 amide bonds. The third-order valence-electron chi connectivity index (χ3n) is 4.13. The van der Waals surface area contributed by atoms with E-state index in [0.717, 1.165) is 12.8 Å². The highest BCUT2D eigenvalue weighted by Crippen LogP contribution is 2.20.